The van der Waals surface area contributed by atoms with E-state index in [0.717, 1.165) is 5.56 Å². The van der Waals surface area contributed by atoms with Crippen LogP contribution < -0.4 is 0 Å². The quantitative estimate of drug-likeness (QED) is 0.407. The maximum absolute atomic E-state index is 12.9. The van der Waals surface area contributed by atoms with E-state index in [4.69, 9.17) is 4.52 Å². The molecule has 0 saturated heterocycles. The standard InChI is InChI=1S/C22H24N4O4/c1-15(2)14-25(22(27)18-6-4-16(3)5-7-18)13-12-20-23-21(24-30-20)17-8-10-19(11-9-17)26(28)29/h4-11,15H,12-14H2,1-3H3. The number of non-ortho nitro benzene ring substituents is 1. The highest BCUT2D eigenvalue weighted by Gasteiger charge is 2.19. The van der Waals surface area contributed by atoms with Crippen LogP contribution in [-0.2, 0) is 6.42 Å². The van der Waals surface area contributed by atoms with Gasteiger partial charge in [-0.25, -0.2) is 0 Å². The molecule has 0 atom stereocenters. The van der Waals surface area contributed by atoms with Crippen LogP contribution in [0.3, 0.4) is 0 Å². The van der Waals surface area contributed by atoms with Gasteiger partial charge in [-0.15, -0.1) is 0 Å². The predicted octanol–water partition coefficient (Wildman–Crippen LogP) is 4.29. The van der Waals surface area contributed by atoms with E-state index < -0.39 is 4.92 Å². The molecule has 30 heavy (non-hydrogen) atoms. The van der Waals surface area contributed by atoms with Crippen molar-refractivity contribution in [1.29, 1.82) is 0 Å². The van der Waals surface area contributed by atoms with Crippen molar-refractivity contribution in [3.8, 4) is 11.4 Å². The van der Waals surface area contributed by atoms with E-state index in [1.165, 1.54) is 12.1 Å². The molecule has 0 aliphatic heterocycles. The molecule has 0 N–H and O–H groups in total. The molecule has 0 bridgehead atoms. The molecule has 1 heterocycles. The maximum Gasteiger partial charge on any atom is 0.269 e. The minimum Gasteiger partial charge on any atom is -0.339 e. The van der Waals surface area contributed by atoms with E-state index >= 15 is 0 Å². The lowest BCUT2D eigenvalue weighted by Crippen LogP contribution is -2.36. The molecule has 2 aromatic carbocycles. The highest BCUT2D eigenvalue weighted by atomic mass is 16.6. The van der Waals surface area contributed by atoms with E-state index in [0.29, 0.717) is 48.3 Å². The van der Waals surface area contributed by atoms with Crippen LogP contribution in [-0.4, -0.2) is 39.0 Å². The number of hydrogen-bond donors (Lipinski definition) is 0. The number of amides is 1. The molecule has 1 amide bonds. The second kappa shape index (κ2) is 9.30. The number of nitrogens with zero attached hydrogens (tertiary/aromatic N) is 4. The van der Waals surface area contributed by atoms with Gasteiger partial charge < -0.3 is 9.42 Å². The Bertz CT molecular complexity index is 1010. The van der Waals surface area contributed by atoms with Crippen LogP contribution in [0.2, 0.25) is 0 Å². The number of hydrogen-bond acceptors (Lipinski definition) is 6. The first-order valence-electron chi connectivity index (χ1n) is 9.77. The van der Waals surface area contributed by atoms with Gasteiger partial charge in [0, 0.05) is 42.8 Å². The van der Waals surface area contributed by atoms with Gasteiger partial charge in [0.2, 0.25) is 11.7 Å². The second-order valence-electron chi connectivity index (χ2n) is 7.58. The van der Waals surface area contributed by atoms with Crippen molar-refractivity contribution in [2.75, 3.05) is 13.1 Å². The molecule has 0 fully saturated rings. The van der Waals surface area contributed by atoms with Crippen molar-refractivity contribution >= 4 is 11.6 Å². The SMILES string of the molecule is Cc1ccc(C(=O)N(CCc2nc(-c3ccc([N+](=O)[O-])cc3)no2)CC(C)C)cc1. The molecule has 3 rings (SSSR count). The van der Waals surface area contributed by atoms with E-state index in [1.54, 1.807) is 17.0 Å². The summed E-state index contributed by atoms with van der Waals surface area (Å²) in [7, 11) is 0. The smallest absolute Gasteiger partial charge is 0.269 e. The van der Waals surface area contributed by atoms with Gasteiger partial charge >= 0.3 is 0 Å². The van der Waals surface area contributed by atoms with Crippen LogP contribution in [0.15, 0.2) is 53.1 Å². The topological polar surface area (TPSA) is 102 Å². The molecule has 0 spiro atoms. The molecule has 3 aromatic rings. The number of aromatic nitrogens is 2. The van der Waals surface area contributed by atoms with Crippen LogP contribution in [0.25, 0.3) is 11.4 Å². The summed E-state index contributed by atoms with van der Waals surface area (Å²) in [5.74, 6) is 1.06. The fraction of sp³-hybridized carbons (Fsp3) is 0.318. The summed E-state index contributed by atoms with van der Waals surface area (Å²) in [5.41, 5.74) is 2.39. The first-order valence-corrected chi connectivity index (χ1v) is 9.77. The molecule has 156 valence electrons. The minimum atomic E-state index is -0.459. The van der Waals surface area contributed by atoms with Crippen LogP contribution in [0.5, 0.6) is 0 Å². The van der Waals surface area contributed by atoms with Gasteiger partial charge in [0.25, 0.3) is 11.6 Å². The van der Waals surface area contributed by atoms with E-state index in [2.05, 4.69) is 24.0 Å². The van der Waals surface area contributed by atoms with Crippen LogP contribution in [0, 0.1) is 23.0 Å². The molecule has 0 radical (unpaired) electrons. The van der Waals surface area contributed by atoms with Gasteiger partial charge in [-0.1, -0.05) is 36.7 Å². The van der Waals surface area contributed by atoms with Crippen molar-refractivity contribution in [2.24, 2.45) is 5.92 Å². The molecule has 1 aromatic heterocycles. The van der Waals surface area contributed by atoms with Crippen molar-refractivity contribution in [3.05, 3.63) is 75.7 Å². The Hall–Kier alpha value is -3.55. The summed E-state index contributed by atoms with van der Waals surface area (Å²) in [6, 6.07) is 13.5. The van der Waals surface area contributed by atoms with E-state index in [-0.39, 0.29) is 11.6 Å². The van der Waals surface area contributed by atoms with Gasteiger partial charge in [-0.05, 0) is 37.1 Å². The summed E-state index contributed by atoms with van der Waals surface area (Å²) >= 11 is 0. The van der Waals surface area contributed by atoms with Gasteiger partial charge in [0.05, 0.1) is 4.92 Å². The maximum atomic E-state index is 12.9. The number of aryl methyl sites for hydroxylation is 1. The van der Waals surface area contributed by atoms with E-state index in [9.17, 15) is 14.9 Å². The normalized spacial score (nSPS) is 10.9. The van der Waals surface area contributed by atoms with Gasteiger partial charge in [0.15, 0.2) is 0 Å². The fourth-order valence-corrected chi connectivity index (χ4v) is 3.03. The second-order valence-corrected chi connectivity index (χ2v) is 7.58. The number of rotatable bonds is 8. The van der Waals surface area contributed by atoms with Gasteiger partial charge in [-0.3, -0.25) is 14.9 Å². The number of carbonyl (C=O) groups is 1. The number of carbonyl (C=O) groups excluding carboxylic acids is 1. The lowest BCUT2D eigenvalue weighted by atomic mass is 10.1. The van der Waals surface area contributed by atoms with Crippen LogP contribution in [0.4, 0.5) is 5.69 Å². The molecule has 0 unspecified atom stereocenters. The van der Waals surface area contributed by atoms with Gasteiger partial charge in [-0.2, -0.15) is 4.98 Å². The highest BCUT2D eigenvalue weighted by Crippen LogP contribution is 2.20. The Morgan fingerprint density at radius 1 is 1.13 bits per heavy atom. The number of nitro groups is 1. The van der Waals surface area contributed by atoms with Crippen molar-refractivity contribution in [1.82, 2.24) is 15.0 Å². The monoisotopic (exact) mass is 408 g/mol. The average Bonchev–Trinajstić information content (AvgIpc) is 3.20. The molecule has 8 heteroatoms. The zero-order valence-electron chi connectivity index (χ0n) is 17.2. The fourth-order valence-electron chi connectivity index (χ4n) is 3.03. The largest absolute Gasteiger partial charge is 0.339 e. The zero-order chi connectivity index (χ0) is 21.7. The first kappa shape index (κ1) is 21.2. The van der Waals surface area contributed by atoms with Crippen LogP contribution >= 0.6 is 0 Å². The Morgan fingerprint density at radius 2 is 1.80 bits per heavy atom. The highest BCUT2D eigenvalue weighted by molar-refractivity contribution is 5.94. The summed E-state index contributed by atoms with van der Waals surface area (Å²) in [5, 5.41) is 14.7. The predicted molar refractivity (Wildman–Crippen MR) is 112 cm³/mol. The molecular weight excluding hydrogens is 384 g/mol. The Balaban J connectivity index is 1.69. The summed E-state index contributed by atoms with van der Waals surface area (Å²) in [4.78, 5) is 29.4. The average molecular weight is 408 g/mol. The molecular formula is C22H24N4O4. The zero-order valence-corrected chi connectivity index (χ0v) is 17.2. The molecule has 0 aliphatic carbocycles. The Morgan fingerprint density at radius 3 is 2.40 bits per heavy atom. The summed E-state index contributed by atoms with van der Waals surface area (Å²) < 4.78 is 5.32. The molecule has 8 nitrogen and oxygen atoms in total. The first-order chi connectivity index (χ1) is 14.3. The third-order valence-corrected chi connectivity index (χ3v) is 4.57. The van der Waals surface area contributed by atoms with E-state index in [1.807, 2.05) is 31.2 Å². The van der Waals surface area contributed by atoms with Crippen molar-refractivity contribution in [3.63, 3.8) is 0 Å². The van der Waals surface area contributed by atoms with Crippen LogP contribution in [0.1, 0.15) is 35.7 Å². The Labute approximate surface area is 174 Å². The van der Waals surface area contributed by atoms with Crippen molar-refractivity contribution in [2.45, 2.75) is 27.2 Å². The lowest BCUT2D eigenvalue weighted by molar-refractivity contribution is -0.384. The number of benzene rings is 2. The molecule has 0 saturated carbocycles. The third kappa shape index (κ3) is 5.28. The summed E-state index contributed by atoms with van der Waals surface area (Å²) in [6.07, 6.45) is 0.421. The minimum absolute atomic E-state index is 0.00131. The lowest BCUT2D eigenvalue weighted by Gasteiger charge is -2.24. The third-order valence-electron chi connectivity index (χ3n) is 4.57. The van der Waals surface area contributed by atoms with Gasteiger partial charge in [0.1, 0.15) is 0 Å². The summed E-state index contributed by atoms with van der Waals surface area (Å²) in [6.45, 7) is 7.19. The number of nitro benzene ring substituents is 1. The van der Waals surface area contributed by atoms with Crippen molar-refractivity contribution < 1.29 is 14.2 Å². The molecule has 0 aliphatic rings. The Kier molecular flexibility index (Phi) is 6.56.